The largest absolute Gasteiger partial charge is 0.486 e. The van der Waals surface area contributed by atoms with Gasteiger partial charge in [0.2, 0.25) is 0 Å². The van der Waals surface area contributed by atoms with E-state index >= 15 is 0 Å². The fourth-order valence-electron chi connectivity index (χ4n) is 2.46. The van der Waals surface area contributed by atoms with Crippen LogP contribution >= 0.6 is 0 Å². The van der Waals surface area contributed by atoms with Crippen molar-refractivity contribution >= 4 is 5.69 Å². The lowest BCUT2D eigenvalue weighted by Gasteiger charge is -2.23. The lowest BCUT2D eigenvalue weighted by atomic mass is 10.2. The van der Waals surface area contributed by atoms with Crippen molar-refractivity contribution in [3.05, 3.63) is 72.6 Å². The Morgan fingerprint density at radius 3 is 2.54 bits per heavy atom. The molecule has 3 rings (SSSR count). The highest BCUT2D eigenvalue weighted by atomic mass is 17.2. The van der Waals surface area contributed by atoms with Crippen LogP contribution in [0, 0.1) is 0 Å². The molecule has 26 heavy (non-hydrogen) atoms. The number of ether oxygens (including phenoxy) is 1. The number of benzene rings is 2. The summed E-state index contributed by atoms with van der Waals surface area (Å²) in [6.07, 6.45) is 3.54. The minimum atomic E-state index is 0.135. The molecule has 0 amide bonds. The van der Waals surface area contributed by atoms with Gasteiger partial charge >= 0.3 is 0 Å². The third kappa shape index (κ3) is 4.40. The van der Waals surface area contributed by atoms with Gasteiger partial charge in [0, 0.05) is 5.56 Å². The van der Waals surface area contributed by atoms with Crippen molar-refractivity contribution in [2.45, 2.75) is 6.61 Å². The van der Waals surface area contributed by atoms with E-state index in [1.807, 2.05) is 60.8 Å². The SMILES string of the molecule is COOCN(OC)c1ccccc1COc1cnn(-c2ccccc2)c1. The molecule has 0 saturated heterocycles. The Kier molecular flexibility index (Phi) is 6.21. The Labute approximate surface area is 152 Å². The summed E-state index contributed by atoms with van der Waals surface area (Å²) >= 11 is 0. The highest BCUT2D eigenvalue weighted by Crippen LogP contribution is 2.23. The number of hydrogen-bond donors (Lipinski definition) is 0. The molecule has 2 aromatic carbocycles. The van der Waals surface area contributed by atoms with Crippen molar-refractivity contribution in [2.75, 3.05) is 26.0 Å². The zero-order valence-corrected chi connectivity index (χ0v) is 14.7. The van der Waals surface area contributed by atoms with Gasteiger partial charge in [-0.2, -0.15) is 5.10 Å². The number of nitrogens with zero attached hydrogens (tertiary/aromatic N) is 3. The molecule has 0 aliphatic carbocycles. The van der Waals surface area contributed by atoms with Gasteiger partial charge < -0.3 is 4.74 Å². The molecule has 0 bridgehead atoms. The van der Waals surface area contributed by atoms with Crippen LogP contribution in [0.5, 0.6) is 5.75 Å². The standard InChI is InChI=1S/C19H21N3O4/c1-23-22(15-26-24-2)19-11-7-6-8-16(19)14-25-18-12-20-21(13-18)17-9-4-3-5-10-17/h3-13H,14-15H2,1-2H3. The molecule has 0 N–H and O–H groups in total. The molecule has 0 saturated carbocycles. The molecular formula is C19H21N3O4. The number of hydroxylamine groups is 1. The minimum Gasteiger partial charge on any atom is -0.486 e. The molecular weight excluding hydrogens is 334 g/mol. The average molecular weight is 355 g/mol. The number of aromatic nitrogens is 2. The van der Waals surface area contributed by atoms with Gasteiger partial charge in [-0.3, -0.25) is 4.84 Å². The summed E-state index contributed by atoms with van der Waals surface area (Å²) < 4.78 is 7.67. The molecule has 0 unspecified atom stereocenters. The van der Waals surface area contributed by atoms with Crippen LogP contribution in [0.4, 0.5) is 5.69 Å². The molecule has 0 spiro atoms. The maximum absolute atomic E-state index is 5.90. The Morgan fingerprint density at radius 2 is 1.77 bits per heavy atom. The van der Waals surface area contributed by atoms with Gasteiger partial charge in [0.15, 0.2) is 12.5 Å². The molecule has 0 atom stereocenters. The van der Waals surface area contributed by atoms with Gasteiger partial charge in [0.05, 0.1) is 38.0 Å². The van der Waals surface area contributed by atoms with E-state index in [0.29, 0.717) is 12.4 Å². The van der Waals surface area contributed by atoms with E-state index in [-0.39, 0.29) is 6.73 Å². The van der Waals surface area contributed by atoms with Crippen molar-refractivity contribution in [1.29, 1.82) is 0 Å². The Bertz CT molecular complexity index is 807. The predicted molar refractivity (Wildman–Crippen MR) is 96.8 cm³/mol. The quantitative estimate of drug-likeness (QED) is 0.333. The van der Waals surface area contributed by atoms with Crippen LogP contribution in [-0.2, 0) is 21.2 Å². The van der Waals surface area contributed by atoms with E-state index < -0.39 is 0 Å². The number of para-hydroxylation sites is 2. The van der Waals surface area contributed by atoms with Gasteiger partial charge in [-0.15, -0.1) is 0 Å². The van der Waals surface area contributed by atoms with Gasteiger partial charge in [-0.05, 0) is 18.2 Å². The molecule has 7 nitrogen and oxygen atoms in total. The highest BCUT2D eigenvalue weighted by molar-refractivity contribution is 5.51. The maximum Gasteiger partial charge on any atom is 0.178 e. The molecule has 1 aromatic heterocycles. The third-order valence-corrected chi connectivity index (χ3v) is 3.74. The first-order chi connectivity index (χ1) is 12.8. The summed E-state index contributed by atoms with van der Waals surface area (Å²) in [6.45, 7) is 0.499. The topological polar surface area (TPSA) is 58.0 Å². The molecule has 3 aromatic rings. The zero-order chi connectivity index (χ0) is 18.2. The van der Waals surface area contributed by atoms with Crippen LogP contribution in [0.1, 0.15) is 5.56 Å². The van der Waals surface area contributed by atoms with E-state index in [2.05, 4.69) is 9.99 Å². The molecule has 7 heteroatoms. The Morgan fingerprint density at radius 1 is 1.00 bits per heavy atom. The summed E-state index contributed by atoms with van der Waals surface area (Å²) in [4.78, 5) is 15.0. The molecule has 0 radical (unpaired) electrons. The van der Waals surface area contributed by atoms with Crippen molar-refractivity contribution in [1.82, 2.24) is 9.78 Å². The fourth-order valence-corrected chi connectivity index (χ4v) is 2.46. The summed E-state index contributed by atoms with van der Waals surface area (Å²) in [7, 11) is 3.02. The van der Waals surface area contributed by atoms with E-state index in [4.69, 9.17) is 14.5 Å². The van der Waals surface area contributed by atoms with Crippen LogP contribution in [-0.4, -0.2) is 30.7 Å². The second-order valence-corrected chi connectivity index (χ2v) is 5.35. The molecule has 0 aliphatic heterocycles. The number of anilines is 1. The molecule has 0 fully saturated rings. The third-order valence-electron chi connectivity index (χ3n) is 3.74. The van der Waals surface area contributed by atoms with Crippen molar-refractivity contribution in [3.8, 4) is 11.4 Å². The van der Waals surface area contributed by atoms with Crippen LogP contribution < -0.4 is 9.80 Å². The van der Waals surface area contributed by atoms with E-state index in [0.717, 1.165) is 16.9 Å². The van der Waals surface area contributed by atoms with Crippen molar-refractivity contribution < 1.29 is 19.3 Å². The Balaban J connectivity index is 1.69. The van der Waals surface area contributed by atoms with Crippen LogP contribution in [0.2, 0.25) is 0 Å². The minimum absolute atomic E-state index is 0.135. The normalized spacial score (nSPS) is 10.7. The van der Waals surface area contributed by atoms with E-state index in [1.165, 1.54) is 7.11 Å². The molecule has 136 valence electrons. The first-order valence-electron chi connectivity index (χ1n) is 8.10. The van der Waals surface area contributed by atoms with Gasteiger partial charge in [0.25, 0.3) is 0 Å². The summed E-state index contributed by atoms with van der Waals surface area (Å²) in [5.41, 5.74) is 2.76. The summed E-state index contributed by atoms with van der Waals surface area (Å²) in [5, 5.41) is 5.91. The molecule has 1 heterocycles. The second-order valence-electron chi connectivity index (χ2n) is 5.35. The van der Waals surface area contributed by atoms with Gasteiger partial charge in [-0.1, -0.05) is 36.4 Å². The number of rotatable bonds is 9. The van der Waals surface area contributed by atoms with Crippen molar-refractivity contribution in [3.63, 3.8) is 0 Å². The van der Waals surface area contributed by atoms with Crippen LogP contribution in [0.3, 0.4) is 0 Å². The monoisotopic (exact) mass is 355 g/mol. The zero-order valence-electron chi connectivity index (χ0n) is 14.7. The first kappa shape index (κ1) is 17.9. The lowest BCUT2D eigenvalue weighted by molar-refractivity contribution is -0.280. The van der Waals surface area contributed by atoms with Crippen LogP contribution in [0.25, 0.3) is 5.69 Å². The fraction of sp³-hybridized carbons (Fsp3) is 0.211. The average Bonchev–Trinajstić information content (AvgIpc) is 3.17. The lowest BCUT2D eigenvalue weighted by Crippen LogP contribution is -2.26. The smallest absolute Gasteiger partial charge is 0.178 e. The van der Waals surface area contributed by atoms with E-state index in [9.17, 15) is 0 Å². The highest BCUT2D eigenvalue weighted by Gasteiger charge is 2.12. The summed E-state index contributed by atoms with van der Waals surface area (Å²) in [6, 6.07) is 17.6. The maximum atomic E-state index is 5.90. The van der Waals surface area contributed by atoms with Crippen LogP contribution in [0.15, 0.2) is 67.0 Å². The predicted octanol–water partition coefficient (Wildman–Crippen LogP) is 3.35. The van der Waals surface area contributed by atoms with Gasteiger partial charge in [0.1, 0.15) is 6.61 Å². The number of hydrogen-bond acceptors (Lipinski definition) is 6. The first-order valence-corrected chi connectivity index (χ1v) is 8.10. The molecule has 0 aliphatic rings. The van der Waals surface area contributed by atoms with E-state index in [1.54, 1.807) is 23.1 Å². The van der Waals surface area contributed by atoms with Gasteiger partial charge in [-0.25, -0.2) is 19.5 Å². The van der Waals surface area contributed by atoms with Crippen molar-refractivity contribution in [2.24, 2.45) is 0 Å². The second kappa shape index (κ2) is 9.00. The summed E-state index contributed by atoms with van der Waals surface area (Å²) in [5.74, 6) is 0.681. The Hall–Kier alpha value is -2.87.